The Labute approximate surface area is 87.4 Å². The molecule has 0 aromatic rings. The van der Waals surface area contributed by atoms with Crippen molar-refractivity contribution in [2.24, 2.45) is 0 Å². The van der Waals surface area contributed by atoms with Gasteiger partial charge in [-0.3, -0.25) is 0 Å². The van der Waals surface area contributed by atoms with E-state index in [-0.39, 0.29) is 5.97 Å². The Balaban J connectivity index is 4.19. The molecule has 14 heavy (non-hydrogen) atoms. The minimum absolute atomic E-state index is 0.308. The standard InChI is InChI=1S/C11H18O2Si/c1-10(9-11(12)13-2)7-6-8-14(3,4)5/h9H,7H2,1-5H3/b10-9+. The van der Waals surface area contributed by atoms with Crippen molar-refractivity contribution in [3.8, 4) is 11.5 Å². The summed E-state index contributed by atoms with van der Waals surface area (Å²) in [7, 11) is 0.0980. The molecule has 0 saturated carbocycles. The molecule has 0 fully saturated rings. The highest BCUT2D eigenvalue weighted by Crippen LogP contribution is 2.01. The zero-order valence-electron chi connectivity index (χ0n) is 9.60. The Morgan fingerprint density at radius 1 is 1.43 bits per heavy atom. The van der Waals surface area contributed by atoms with E-state index in [1.54, 1.807) is 0 Å². The number of allylic oxidation sites excluding steroid dienone is 1. The highest BCUT2D eigenvalue weighted by molar-refractivity contribution is 6.83. The second-order valence-corrected chi connectivity index (χ2v) is 8.99. The molecule has 0 aromatic carbocycles. The molecular formula is C11H18O2Si. The molecule has 0 atom stereocenters. The zero-order chi connectivity index (χ0) is 11.2. The number of hydrogen-bond acceptors (Lipinski definition) is 2. The van der Waals surface area contributed by atoms with Crippen LogP contribution in [-0.2, 0) is 9.53 Å². The lowest BCUT2D eigenvalue weighted by Gasteiger charge is -2.03. The minimum atomic E-state index is -1.28. The topological polar surface area (TPSA) is 26.3 Å². The molecule has 2 nitrogen and oxygen atoms in total. The second-order valence-electron chi connectivity index (χ2n) is 4.24. The van der Waals surface area contributed by atoms with Gasteiger partial charge in [0.1, 0.15) is 8.07 Å². The SMILES string of the molecule is COC(=O)/C=C(\C)CC#C[Si](C)(C)C. The average Bonchev–Trinajstić information content (AvgIpc) is 2.01. The fourth-order valence-corrected chi connectivity index (χ4v) is 1.38. The Morgan fingerprint density at radius 2 is 2.00 bits per heavy atom. The van der Waals surface area contributed by atoms with Crippen LogP contribution >= 0.6 is 0 Å². The van der Waals surface area contributed by atoms with Crippen LogP contribution in [0.1, 0.15) is 13.3 Å². The molecule has 3 heteroatoms. The first-order valence-corrected chi connectivity index (χ1v) is 8.10. The molecule has 78 valence electrons. The van der Waals surface area contributed by atoms with Gasteiger partial charge >= 0.3 is 5.97 Å². The largest absolute Gasteiger partial charge is 0.466 e. The number of esters is 1. The lowest BCUT2D eigenvalue weighted by molar-refractivity contribution is -0.134. The van der Waals surface area contributed by atoms with Crippen LogP contribution in [0.5, 0.6) is 0 Å². The van der Waals surface area contributed by atoms with E-state index < -0.39 is 8.07 Å². The summed E-state index contributed by atoms with van der Waals surface area (Å²) in [5, 5.41) is 0. The van der Waals surface area contributed by atoms with Gasteiger partial charge in [0.05, 0.1) is 7.11 Å². The summed E-state index contributed by atoms with van der Waals surface area (Å²) < 4.78 is 4.51. The number of rotatable bonds is 2. The summed E-state index contributed by atoms with van der Waals surface area (Å²) in [6, 6.07) is 0. The van der Waals surface area contributed by atoms with E-state index >= 15 is 0 Å². The van der Waals surface area contributed by atoms with Crippen LogP contribution in [0, 0.1) is 11.5 Å². The Hall–Kier alpha value is -1.01. The van der Waals surface area contributed by atoms with Crippen LogP contribution in [-0.4, -0.2) is 21.2 Å². The first-order chi connectivity index (χ1) is 6.35. The molecule has 0 aliphatic rings. The van der Waals surface area contributed by atoms with Crippen molar-refractivity contribution >= 4 is 14.0 Å². The van der Waals surface area contributed by atoms with Crippen molar-refractivity contribution in [3.63, 3.8) is 0 Å². The van der Waals surface area contributed by atoms with Gasteiger partial charge in [-0.25, -0.2) is 4.79 Å². The summed E-state index contributed by atoms with van der Waals surface area (Å²) in [4.78, 5) is 10.8. The molecule has 0 amide bonds. The van der Waals surface area contributed by atoms with E-state index in [1.807, 2.05) is 6.92 Å². The number of carbonyl (C=O) groups is 1. The first-order valence-electron chi connectivity index (χ1n) is 4.60. The quantitative estimate of drug-likeness (QED) is 0.303. The van der Waals surface area contributed by atoms with Crippen molar-refractivity contribution in [2.75, 3.05) is 7.11 Å². The highest BCUT2D eigenvalue weighted by Gasteiger charge is 2.07. The van der Waals surface area contributed by atoms with Crippen molar-refractivity contribution in [1.29, 1.82) is 0 Å². The molecule has 0 rings (SSSR count). The van der Waals surface area contributed by atoms with Gasteiger partial charge in [-0.2, -0.15) is 0 Å². The van der Waals surface area contributed by atoms with E-state index in [1.165, 1.54) is 13.2 Å². The molecule has 0 radical (unpaired) electrons. The maximum atomic E-state index is 10.8. The van der Waals surface area contributed by atoms with E-state index in [4.69, 9.17) is 0 Å². The molecule has 0 aromatic heterocycles. The fourth-order valence-electron chi connectivity index (χ4n) is 0.760. The van der Waals surface area contributed by atoms with E-state index in [0.29, 0.717) is 6.42 Å². The van der Waals surface area contributed by atoms with Gasteiger partial charge in [-0.05, 0) is 6.92 Å². The lowest BCUT2D eigenvalue weighted by atomic mass is 10.2. The van der Waals surface area contributed by atoms with Gasteiger partial charge in [0.2, 0.25) is 0 Å². The Morgan fingerprint density at radius 3 is 2.43 bits per heavy atom. The molecule has 0 spiro atoms. The van der Waals surface area contributed by atoms with Crippen molar-refractivity contribution in [2.45, 2.75) is 33.0 Å². The van der Waals surface area contributed by atoms with Gasteiger partial charge in [0.25, 0.3) is 0 Å². The zero-order valence-corrected chi connectivity index (χ0v) is 10.6. The third-order valence-corrected chi connectivity index (χ3v) is 2.32. The second kappa shape index (κ2) is 5.66. The summed E-state index contributed by atoms with van der Waals surface area (Å²) in [6.45, 7) is 8.47. The Bertz CT molecular complexity index is 287. The van der Waals surface area contributed by atoms with Crippen LogP contribution < -0.4 is 0 Å². The highest BCUT2D eigenvalue weighted by atomic mass is 28.3. The van der Waals surface area contributed by atoms with E-state index in [2.05, 4.69) is 35.8 Å². The third kappa shape index (κ3) is 7.63. The average molecular weight is 210 g/mol. The van der Waals surface area contributed by atoms with Crippen LogP contribution in [0.3, 0.4) is 0 Å². The fraction of sp³-hybridized carbons (Fsp3) is 0.545. The monoisotopic (exact) mass is 210 g/mol. The maximum absolute atomic E-state index is 10.8. The van der Waals surface area contributed by atoms with Crippen LogP contribution in [0.15, 0.2) is 11.6 Å². The predicted octanol–water partition coefficient (Wildman–Crippen LogP) is 2.38. The smallest absolute Gasteiger partial charge is 0.330 e. The van der Waals surface area contributed by atoms with Crippen LogP contribution in [0.25, 0.3) is 0 Å². The van der Waals surface area contributed by atoms with Crippen molar-refractivity contribution in [1.82, 2.24) is 0 Å². The summed E-state index contributed by atoms with van der Waals surface area (Å²) in [6.07, 6.45) is 2.14. The van der Waals surface area contributed by atoms with Crippen LogP contribution in [0.4, 0.5) is 0 Å². The molecule has 0 saturated heterocycles. The lowest BCUT2D eigenvalue weighted by Crippen LogP contribution is -2.16. The molecule has 0 aliphatic carbocycles. The third-order valence-electron chi connectivity index (χ3n) is 1.40. The van der Waals surface area contributed by atoms with Crippen LogP contribution in [0.2, 0.25) is 19.6 Å². The predicted molar refractivity (Wildman–Crippen MR) is 61.5 cm³/mol. The first kappa shape index (κ1) is 13.0. The summed E-state index contributed by atoms with van der Waals surface area (Å²) in [5.41, 5.74) is 4.19. The summed E-state index contributed by atoms with van der Waals surface area (Å²) >= 11 is 0. The molecule has 0 aliphatic heterocycles. The van der Waals surface area contributed by atoms with Gasteiger partial charge in [-0.15, -0.1) is 11.5 Å². The van der Waals surface area contributed by atoms with Crippen molar-refractivity contribution in [3.05, 3.63) is 11.6 Å². The Kier molecular flexibility index (Phi) is 5.25. The number of carbonyl (C=O) groups excluding carboxylic acids is 1. The van der Waals surface area contributed by atoms with Gasteiger partial charge in [-0.1, -0.05) is 25.2 Å². The van der Waals surface area contributed by atoms with Gasteiger partial charge < -0.3 is 4.74 Å². The van der Waals surface area contributed by atoms with Crippen molar-refractivity contribution < 1.29 is 9.53 Å². The number of hydrogen-bond donors (Lipinski definition) is 0. The van der Waals surface area contributed by atoms with Gasteiger partial charge in [0.15, 0.2) is 0 Å². The molecule has 0 N–H and O–H groups in total. The maximum Gasteiger partial charge on any atom is 0.330 e. The molecule has 0 heterocycles. The van der Waals surface area contributed by atoms with E-state index in [0.717, 1.165) is 5.57 Å². The number of methoxy groups -OCH3 is 1. The minimum Gasteiger partial charge on any atom is -0.466 e. The normalized spacial score (nSPS) is 11.6. The summed E-state index contributed by atoms with van der Waals surface area (Å²) in [5.74, 6) is 2.78. The van der Waals surface area contributed by atoms with E-state index in [9.17, 15) is 4.79 Å². The molecule has 0 unspecified atom stereocenters. The molecular weight excluding hydrogens is 192 g/mol. The number of ether oxygens (including phenoxy) is 1. The molecule has 0 bridgehead atoms. The van der Waals surface area contributed by atoms with Gasteiger partial charge in [0, 0.05) is 12.5 Å².